The van der Waals surface area contributed by atoms with Crippen LogP contribution >= 0.6 is 24.8 Å². The number of hydrogen-bond acceptors (Lipinski definition) is 6. The van der Waals surface area contributed by atoms with E-state index in [0.717, 1.165) is 5.56 Å². The van der Waals surface area contributed by atoms with Crippen LogP contribution in [0.4, 0.5) is 10.5 Å². The minimum atomic E-state index is -1.05. The SMILES string of the molecule is Cl.Cl.N=C(N)c1ccc(N2CC(COc3ccc(CC(N)C(=O)O)cc3)OC2=O)cc1. The zero-order chi connectivity index (χ0) is 21.0. The number of ether oxygens (including phenoxy) is 2. The van der Waals surface area contributed by atoms with Crippen molar-refractivity contribution in [1.29, 1.82) is 5.41 Å². The summed E-state index contributed by atoms with van der Waals surface area (Å²) in [5.41, 5.74) is 13.0. The van der Waals surface area contributed by atoms with Crippen LogP contribution in [0.2, 0.25) is 0 Å². The third-order valence-corrected chi connectivity index (χ3v) is 4.50. The molecule has 6 N–H and O–H groups in total. The summed E-state index contributed by atoms with van der Waals surface area (Å²) in [4.78, 5) is 24.4. The molecule has 1 amide bonds. The van der Waals surface area contributed by atoms with Gasteiger partial charge in [-0.2, -0.15) is 0 Å². The van der Waals surface area contributed by atoms with E-state index in [9.17, 15) is 9.59 Å². The molecule has 0 aliphatic carbocycles. The van der Waals surface area contributed by atoms with Crippen LogP contribution in [0.5, 0.6) is 5.75 Å². The lowest BCUT2D eigenvalue weighted by atomic mass is 10.1. The number of rotatable bonds is 8. The largest absolute Gasteiger partial charge is 0.490 e. The fraction of sp³-hybridized carbons (Fsp3) is 0.250. The highest BCUT2D eigenvalue weighted by molar-refractivity contribution is 5.96. The van der Waals surface area contributed by atoms with Gasteiger partial charge >= 0.3 is 12.1 Å². The molecule has 0 saturated carbocycles. The zero-order valence-electron chi connectivity index (χ0n) is 16.4. The van der Waals surface area contributed by atoms with Crippen LogP contribution in [0.25, 0.3) is 0 Å². The van der Waals surface area contributed by atoms with Gasteiger partial charge < -0.3 is 26.0 Å². The minimum absolute atomic E-state index is 0. The summed E-state index contributed by atoms with van der Waals surface area (Å²) < 4.78 is 11.0. The maximum atomic E-state index is 12.1. The molecular formula is C20H24Cl2N4O5. The quantitative estimate of drug-likeness (QED) is 0.340. The van der Waals surface area contributed by atoms with Crippen LogP contribution in [0, 0.1) is 5.41 Å². The molecule has 0 spiro atoms. The number of amides is 1. The molecule has 2 unspecified atom stereocenters. The first-order valence-corrected chi connectivity index (χ1v) is 8.96. The van der Waals surface area contributed by atoms with E-state index in [1.807, 2.05) is 0 Å². The third kappa shape index (κ3) is 6.74. The van der Waals surface area contributed by atoms with E-state index < -0.39 is 24.2 Å². The molecule has 0 bridgehead atoms. The number of anilines is 1. The van der Waals surface area contributed by atoms with Gasteiger partial charge in [0, 0.05) is 11.3 Å². The molecule has 168 valence electrons. The van der Waals surface area contributed by atoms with Crippen molar-refractivity contribution in [1.82, 2.24) is 0 Å². The number of nitrogens with one attached hydrogen (secondary N) is 1. The lowest BCUT2D eigenvalue weighted by Crippen LogP contribution is -2.32. The molecule has 2 atom stereocenters. The second-order valence-corrected chi connectivity index (χ2v) is 6.68. The number of carboxylic acids is 1. The van der Waals surface area contributed by atoms with Gasteiger partial charge in [-0.3, -0.25) is 15.1 Å². The second kappa shape index (κ2) is 11.4. The number of nitrogens with two attached hydrogens (primary N) is 2. The van der Waals surface area contributed by atoms with E-state index in [1.54, 1.807) is 48.5 Å². The fourth-order valence-corrected chi connectivity index (χ4v) is 2.89. The lowest BCUT2D eigenvalue weighted by molar-refractivity contribution is -0.138. The van der Waals surface area contributed by atoms with Crippen LogP contribution < -0.4 is 21.1 Å². The Hall–Kier alpha value is -3.01. The molecular weight excluding hydrogens is 447 g/mol. The van der Waals surface area contributed by atoms with Crippen LogP contribution in [-0.2, 0) is 16.0 Å². The topological polar surface area (TPSA) is 152 Å². The number of halogens is 2. The van der Waals surface area contributed by atoms with Gasteiger partial charge in [0.05, 0.1) is 6.54 Å². The molecule has 31 heavy (non-hydrogen) atoms. The Bertz CT molecular complexity index is 909. The number of nitrogen functional groups attached to an aromatic ring is 1. The number of cyclic esters (lactones) is 1. The maximum Gasteiger partial charge on any atom is 0.414 e. The lowest BCUT2D eigenvalue weighted by Gasteiger charge is -2.14. The first-order chi connectivity index (χ1) is 13.8. The monoisotopic (exact) mass is 470 g/mol. The van der Waals surface area contributed by atoms with Crippen molar-refractivity contribution in [2.75, 3.05) is 18.1 Å². The van der Waals surface area contributed by atoms with Crippen molar-refractivity contribution in [2.45, 2.75) is 18.6 Å². The van der Waals surface area contributed by atoms with E-state index >= 15 is 0 Å². The summed E-state index contributed by atoms with van der Waals surface area (Å²) >= 11 is 0. The van der Waals surface area contributed by atoms with Crippen LogP contribution in [0.1, 0.15) is 11.1 Å². The Balaban J connectivity index is 0.00000240. The molecule has 3 rings (SSSR count). The number of aliphatic carboxylic acids is 1. The molecule has 11 heteroatoms. The first kappa shape index (κ1) is 26.0. The average molecular weight is 471 g/mol. The Labute approximate surface area is 191 Å². The van der Waals surface area contributed by atoms with Crippen molar-refractivity contribution in [3.05, 3.63) is 59.7 Å². The van der Waals surface area contributed by atoms with E-state index in [1.165, 1.54) is 4.90 Å². The number of benzene rings is 2. The number of nitrogens with zero attached hydrogens (tertiary/aromatic N) is 1. The predicted octanol–water partition coefficient (Wildman–Crippen LogP) is 2.17. The standard InChI is InChI=1S/C20H22N4O5.2ClH/c21-17(19(25)26)9-12-1-7-15(8-2-12)28-11-16-10-24(20(27)29-16)14-5-3-13(4-6-14)18(22)23;;/h1-8,16-17H,9-11,21H2,(H3,22,23)(H,25,26);2*1H. The van der Waals surface area contributed by atoms with Gasteiger partial charge in [-0.05, 0) is 48.4 Å². The molecule has 2 aromatic rings. The van der Waals surface area contributed by atoms with Gasteiger partial charge in [0.1, 0.15) is 24.2 Å². The van der Waals surface area contributed by atoms with Crippen molar-refractivity contribution >= 4 is 48.4 Å². The smallest absolute Gasteiger partial charge is 0.414 e. The van der Waals surface area contributed by atoms with E-state index in [-0.39, 0.29) is 43.7 Å². The summed E-state index contributed by atoms with van der Waals surface area (Å²) in [7, 11) is 0. The maximum absolute atomic E-state index is 12.1. The highest BCUT2D eigenvalue weighted by Gasteiger charge is 2.32. The molecule has 2 aromatic carbocycles. The van der Waals surface area contributed by atoms with E-state index in [4.69, 9.17) is 31.5 Å². The van der Waals surface area contributed by atoms with Gasteiger partial charge in [-0.15, -0.1) is 24.8 Å². The van der Waals surface area contributed by atoms with Crippen LogP contribution in [0.15, 0.2) is 48.5 Å². The van der Waals surface area contributed by atoms with Crippen molar-refractivity contribution in [3.8, 4) is 5.75 Å². The number of carboxylic acid groups (broad SMARTS) is 1. The highest BCUT2D eigenvalue weighted by Crippen LogP contribution is 2.23. The Morgan fingerprint density at radius 2 is 1.81 bits per heavy atom. The number of amidine groups is 1. The Kier molecular flexibility index (Phi) is 9.57. The molecule has 1 heterocycles. The van der Waals surface area contributed by atoms with Gasteiger partial charge in [-0.1, -0.05) is 12.1 Å². The third-order valence-electron chi connectivity index (χ3n) is 4.50. The molecule has 1 aliphatic heterocycles. The molecule has 1 saturated heterocycles. The molecule has 0 radical (unpaired) electrons. The fourth-order valence-electron chi connectivity index (χ4n) is 2.89. The number of carbonyl (C=O) groups is 2. The Morgan fingerprint density at radius 1 is 1.19 bits per heavy atom. The van der Waals surface area contributed by atoms with Gasteiger partial charge in [0.15, 0.2) is 6.10 Å². The van der Waals surface area contributed by atoms with Gasteiger partial charge in [0.2, 0.25) is 0 Å². The summed E-state index contributed by atoms with van der Waals surface area (Å²) in [6.45, 7) is 0.519. The van der Waals surface area contributed by atoms with Crippen molar-refractivity contribution < 1.29 is 24.2 Å². The van der Waals surface area contributed by atoms with E-state index in [0.29, 0.717) is 23.5 Å². The van der Waals surface area contributed by atoms with Gasteiger partial charge in [0.25, 0.3) is 0 Å². The molecule has 1 aliphatic rings. The van der Waals surface area contributed by atoms with Crippen molar-refractivity contribution in [2.24, 2.45) is 11.5 Å². The molecule has 0 aromatic heterocycles. The van der Waals surface area contributed by atoms with Crippen LogP contribution in [0.3, 0.4) is 0 Å². The van der Waals surface area contributed by atoms with Crippen LogP contribution in [-0.4, -0.2) is 48.3 Å². The summed E-state index contributed by atoms with van der Waals surface area (Å²) in [6, 6.07) is 12.8. The summed E-state index contributed by atoms with van der Waals surface area (Å²) in [5, 5.41) is 16.3. The second-order valence-electron chi connectivity index (χ2n) is 6.68. The minimum Gasteiger partial charge on any atom is -0.490 e. The van der Waals surface area contributed by atoms with E-state index in [2.05, 4.69) is 0 Å². The number of carbonyl (C=O) groups excluding carboxylic acids is 1. The summed E-state index contributed by atoms with van der Waals surface area (Å²) in [6.07, 6.45) is -0.671. The van der Waals surface area contributed by atoms with Gasteiger partial charge in [-0.25, -0.2) is 4.79 Å². The molecule has 9 nitrogen and oxygen atoms in total. The normalized spacial score (nSPS) is 15.8. The first-order valence-electron chi connectivity index (χ1n) is 8.96. The Morgan fingerprint density at radius 3 is 2.35 bits per heavy atom. The summed E-state index contributed by atoms with van der Waals surface area (Å²) in [5.74, 6) is -0.505. The number of hydrogen-bond donors (Lipinski definition) is 4. The van der Waals surface area contributed by atoms with Crippen molar-refractivity contribution in [3.63, 3.8) is 0 Å². The molecule has 1 fully saturated rings. The predicted molar refractivity (Wildman–Crippen MR) is 121 cm³/mol. The average Bonchev–Trinajstić information content (AvgIpc) is 3.08. The highest BCUT2D eigenvalue weighted by atomic mass is 35.5. The zero-order valence-corrected chi connectivity index (χ0v) is 18.0.